The van der Waals surface area contributed by atoms with Gasteiger partial charge in [0.25, 0.3) is 0 Å². The summed E-state index contributed by atoms with van der Waals surface area (Å²) in [5, 5.41) is 0. The van der Waals surface area contributed by atoms with Gasteiger partial charge in [-0.1, -0.05) is 56.3 Å². The predicted octanol–water partition coefficient (Wildman–Crippen LogP) is 5.80. The van der Waals surface area contributed by atoms with Gasteiger partial charge in [-0.25, -0.2) is 0 Å². The summed E-state index contributed by atoms with van der Waals surface area (Å²) < 4.78 is 0. The Labute approximate surface area is 157 Å². The molecule has 1 radical (unpaired) electrons. The van der Waals surface area contributed by atoms with Gasteiger partial charge in [0.1, 0.15) is 0 Å². The van der Waals surface area contributed by atoms with Crippen LogP contribution in [0.3, 0.4) is 0 Å². The molecular weight excluding hydrogens is 381 g/mol. The third-order valence-corrected chi connectivity index (χ3v) is 3.97. The number of nitrogens with zero attached hydrogens (tertiary/aromatic N) is 1. The Morgan fingerprint density at radius 1 is 0.917 bits per heavy atom. The average molecular weight is 403 g/mol. The quantitative estimate of drug-likeness (QED) is 0.388. The first kappa shape index (κ1) is 18.6. The van der Waals surface area contributed by atoms with Crippen molar-refractivity contribution in [2.75, 3.05) is 0 Å². The number of rotatable bonds is 5. The van der Waals surface area contributed by atoms with Crippen molar-refractivity contribution >= 4 is 0 Å². The molecule has 0 aliphatic rings. The Balaban J connectivity index is 0.00000208. The van der Waals surface area contributed by atoms with E-state index in [2.05, 4.69) is 74.5 Å². The standard InChI is InChI=1S/C22H22N.Rh/c1-17(2)14-15-21-12-7-13-22(23-21)20-11-6-10-19(16-20)18-8-4-3-5-9-18;/h3-10,12-13,16-17H,14-15H2,1-2H3;/q-1;. The van der Waals surface area contributed by atoms with Gasteiger partial charge in [-0.15, -0.1) is 35.4 Å². The van der Waals surface area contributed by atoms with Gasteiger partial charge < -0.3 is 4.98 Å². The van der Waals surface area contributed by atoms with Crippen LogP contribution in [0.4, 0.5) is 0 Å². The largest absolute Gasteiger partial charge is 0.301 e. The molecule has 3 rings (SSSR count). The first-order valence-corrected chi connectivity index (χ1v) is 8.26. The van der Waals surface area contributed by atoms with Crippen LogP contribution in [0.15, 0.2) is 66.7 Å². The van der Waals surface area contributed by atoms with E-state index in [0.29, 0.717) is 5.92 Å². The van der Waals surface area contributed by atoms with Crippen LogP contribution in [0.5, 0.6) is 0 Å². The molecule has 0 saturated heterocycles. The summed E-state index contributed by atoms with van der Waals surface area (Å²) in [6.45, 7) is 4.50. The molecule has 2 heteroatoms. The van der Waals surface area contributed by atoms with Crippen LogP contribution < -0.4 is 0 Å². The summed E-state index contributed by atoms with van der Waals surface area (Å²) in [5.41, 5.74) is 5.64. The topological polar surface area (TPSA) is 12.9 Å². The van der Waals surface area contributed by atoms with Crippen molar-refractivity contribution in [1.82, 2.24) is 4.98 Å². The summed E-state index contributed by atoms with van der Waals surface area (Å²) in [4.78, 5) is 4.82. The third kappa shape index (κ3) is 4.85. The van der Waals surface area contributed by atoms with Gasteiger partial charge in [-0.05, 0) is 36.1 Å². The second kappa shape index (κ2) is 8.90. The number of hydrogen-bond donors (Lipinski definition) is 0. The Bertz CT molecular complexity index is 766. The average Bonchev–Trinajstić information content (AvgIpc) is 2.61. The molecular formula is C22H22NRh-. The van der Waals surface area contributed by atoms with Crippen LogP contribution in [-0.2, 0) is 25.9 Å². The maximum absolute atomic E-state index is 4.82. The Kier molecular flexibility index (Phi) is 6.88. The van der Waals surface area contributed by atoms with Crippen molar-refractivity contribution < 1.29 is 19.5 Å². The fourth-order valence-corrected chi connectivity index (χ4v) is 2.63. The molecule has 0 aliphatic heterocycles. The summed E-state index contributed by atoms with van der Waals surface area (Å²) >= 11 is 0. The molecule has 0 bridgehead atoms. The second-order valence-electron chi connectivity index (χ2n) is 6.30. The number of hydrogen-bond acceptors (Lipinski definition) is 1. The SMILES string of the molecule is CC(C)CCc1cccc(-c2[c-]ccc(-c3ccccc3)c2)n1.[Rh]. The fourth-order valence-electron chi connectivity index (χ4n) is 2.63. The van der Waals surface area contributed by atoms with Crippen LogP contribution in [0.1, 0.15) is 26.0 Å². The van der Waals surface area contributed by atoms with Crippen molar-refractivity contribution in [1.29, 1.82) is 0 Å². The molecule has 0 N–H and O–H groups in total. The van der Waals surface area contributed by atoms with Crippen LogP contribution in [0.25, 0.3) is 22.4 Å². The van der Waals surface area contributed by atoms with Crippen molar-refractivity contribution in [3.63, 3.8) is 0 Å². The van der Waals surface area contributed by atoms with E-state index < -0.39 is 0 Å². The van der Waals surface area contributed by atoms with Gasteiger partial charge in [0.15, 0.2) is 0 Å². The third-order valence-electron chi connectivity index (χ3n) is 3.97. The van der Waals surface area contributed by atoms with E-state index in [4.69, 9.17) is 4.98 Å². The minimum atomic E-state index is 0. The number of aryl methyl sites for hydroxylation is 1. The van der Waals surface area contributed by atoms with Crippen molar-refractivity contribution in [2.45, 2.75) is 26.7 Å². The van der Waals surface area contributed by atoms with E-state index in [1.54, 1.807) is 0 Å². The molecule has 0 saturated carbocycles. The monoisotopic (exact) mass is 403 g/mol. The van der Waals surface area contributed by atoms with Gasteiger partial charge in [0.2, 0.25) is 0 Å². The number of benzene rings is 2. The molecule has 0 spiro atoms. The molecule has 24 heavy (non-hydrogen) atoms. The fraction of sp³-hybridized carbons (Fsp3) is 0.227. The van der Waals surface area contributed by atoms with Crippen molar-refractivity contribution in [2.24, 2.45) is 5.92 Å². The molecule has 3 aromatic rings. The van der Waals surface area contributed by atoms with E-state index in [0.717, 1.165) is 23.4 Å². The van der Waals surface area contributed by atoms with Crippen LogP contribution in [0.2, 0.25) is 0 Å². The molecule has 0 fully saturated rings. The normalized spacial score (nSPS) is 10.5. The first-order valence-electron chi connectivity index (χ1n) is 8.26. The molecule has 2 aromatic carbocycles. The van der Waals surface area contributed by atoms with Gasteiger partial charge >= 0.3 is 0 Å². The summed E-state index contributed by atoms with van der Waals surface area (Å²) in [7, 11) is 0. The molecule has 1 aromatic heterocycles. The molecule has 125 valence electrons. The van der Waals surface area contributed by atoms with E-state index >= 15 is 0 Å². The predicted molar refractivity (Wildman–Crippen MR) is 97.1 cm³/mol. The number of aromatic nitrogens is 1. The minimum absolute atomic E-state index is 0. The van der Waals surface area contributed by atoms with Gasteiger partial charge in [-0.3, -0.25) is 0 Å². The molecule has 0 aliphatic carbocycles. The molecule has 0 amide bonds. The maximum Gasteiger partial charge on any atom is 0.0297 e. The maximum atomic E-state index is 4.82. The van der Waals surface area contributed by atoms with E-state index in [1.807, 2.05) is 12.1 Å². The molecule has 1 nitrogen and oxygen atoms in total. The summed E-state index contributed by atoms with van der Waals surface area (Å²) in [6, 6.07) is 26.3. The smallest absolute Gasteiger partial charge is 0.0297 e. The second-order valence-corrected chi connectivity index (χ2v) is 6.30. The van der Waals surface area contributed by atoms with Gasteiger partial charge in [-0.2, -0.15) is 0 Å². The van der Waals surface area contributed by atoms with Crippen molar-refractivity contribution in [3.8, 4) is 22.4 Å². The van der Waals surface area contributed by atoms with Gasteiger partial charge in [0.05, 0.1) is 0 Å². The molecule has 0 atom stereocenters. The Morgan fingerprint density at radius 2 is 1.71 bits per heavy atom. The van der Waals surface area contributed by atoms with E-state index in [1.165, 1.54) is 17.5 Å². The zero-order valence-electron chi connectivity index (χ0n) is 14.1. The minimum Gasteiger partial charge on any atom is -0.301 e. The first-order chi connectivity index (χ1) is 11.2. The molecule has 0 unspecified atom stereocenters. The Morgan fingerprint density at radius 3 is 2.46 bits per heavy atom. The zero-order valence-corrected chi connectivity index (χ0v) is 15.8. The van der Waals surface area contributed by atoms with Crippen LogP contribution in [0, 0.1) is 12.0 Å². The number of pyridine rings is 1. The summed E-state index contributed by atoms with van der Waals surface area (Å²) in [5.74, 6) is 0.702. The molecule has 1 heterocycles. The van der Waals surface area contributed by atoms with Gasteiger partial charge in [0, 0.05) is 25.2 Å². The Hall–Kier alpha value is -1.79. The van der Waals surface area contributed by atoms with Crippen molar-refractivity contribution in [3.05, 3.63) is 78.5 Å². The van der Waals surface area contributed by atoms with E-state index in [9.17, 15) is 0 Å². The zero-order chi connectivity index (χ0) is 16.1. The van der Waals surface area contributed by atoms with E-state index in [-0.39, 0.29) is 19.5 Å². The summed E-state index contributed by atoms with van der Waals surface area (Å²) in [6.07, 6.45) is 2.20. The van der Waals surface area contributed by atoms with Crippen LogP contribution >= 0.6 is 0 Å². The van der Waals surface area contributed by atoms with Crippen LogP contribution in [-0.4, -0.2) is 4.98 Å².